The Morgan fingerprint density at radius 2 is 1.85 bits per heavy atom. The van der Waals surface area contributed by atoms with E-state index in [4.69, 9.17) is 11.1 Å². The summed E-state index contributed by atoms with van der Waals surface area (Å²) >= 11 is 0. The zero-order valence-corrected chi connectivity index (χ0v) is 17.4. The van der Waals surface area contributed by atoms with Crippen LogP contribution in [0.1, 0.15) is 17.5 Å². The van der Waals surface area contributed by atoms with Gasteiger partial charge < -0.3 is 31.6 Å². The topological polar surface area (TPSA) is 208 Å². The van der Waals surface area contributed by atoms with Crippen molar-refractivity contribution in [2.24, 2.45) is 17.6 Å². The number of rotatable bonds is 2. The van der Waals surface area contributed by atoms with Crippen molar-refractivity contribution in [1.29, 1.82) is 5.41 Å². The van der Waals surface area contributed by atoms with Gasteiger partial charge in [0, 0.05) is 29.4 Å². The van der Waals surface area contributed by atoms with Crippen molar-refractivity contribution in [3.05, 3.63) is 58.8 Å². The molecule has 11 heteroatoms. The highest BCUT2D eigenvalue weighted by Crippen LogP contribution is 2.51. The maximum Gasteiger partial charge on any atom is 0.256 e. The van der Waals surface area contributed by atoms with E-state index in [0.29, 0.717) is 16.8 Å². The van der Waals surface area contributed by atoms with Crippen molar-refractivity contribution >= 4 is 28.9 Å². The fourth-order valence-electron chi connectivity index (χ4n) is 5.19. The van der Waals surface area contributed by atoms with Gasteiger partial charge in [0.2, 0.25) is 11.6 Å². The van der Waals surface area contributed by atoms with E-state index in [1.54, 1.807) is 6.07 Å². The molecule has 1 heterocycles. The van der Waals surface area contributed by atoms with Crippen LogP contribution < -0.4 is 5.73 Å². The third kappa shape index (κ3) is 2.61. The first-order chi connectivity index (χ1) is 16.1. The van der Waals surface area contributed by atoms with Gasteiger partial charge >= 0.3 is 0 Å². The lowest BCUT2D eigenvalue weighted by Gasteiger charge is -2.45. The molecule has 1 saturated carbocycles. The first-order valence-corrected chi connectivity index (χ1v) is 10.3. The summed E-state index contributed by atoms with van der Waals surface area (Å²) in [4.78, 5) is 46.5. The van der Waals surface area contributed by atoms with Gasteiger partial charge in [-0.25, -0.2) is 0 Å². The number of benzene rings is 1. The van der Waals surface area contributed by atoms with Crippen molar-refractivity contribution in [3.63, 3.8) is 0 Å². The SMILES string of the molecule is N=C1C(O)=C(C(N)=O)C(=O)[C@@]2(O)C(=O)C3=C(O)c4c(O)ccc(-c5cnccn5)c4C[C@H]3C[C@@H]12. The van der Waals surface area contributed by atoms with E-state index in [1.165, 1.54) is 24.7 Å². The Hall–Kier alpha value is -4.38. The zero-order chi connectivity index (χ0) is 24.5. The Balaban J connectivity index is 1.72. The Bertz CT molecular complexity index is 1400. The molecule has 0 radical (unpaired) electrons. The molecule has 172 valence electrons. The minimum Gasteiger partial charge on any atom is -0.507 e. The van der Waals surface area contributed by atoms with Crippen LogP contribution in [-0.4, -0.2) is 59.2 Å². The molecule has 1 fully saturated rings. The smallest absolute Gasteiger partial charge is 0.256 e. The number of Topliss-reactive ketones (excluding diaryl/α,β-unsaturated/α-hetero) is 2. The number of aliphatic hydroxyl groups excluding tert-OH is 2. The third-order valence-corrected chi connectivity index (χ3v) is 6.76. The second kappa shape index (κ2) is 7.06. The predicted molar refractivity (Wildman–Crippen MR) is 116 cm³/mol. The Kier molecular flexibility index (Phi) is 4.46. The second-order valence-corrected chi connectivity index (χ2v) is 8.45. The Morgan fingerprint density at radius 1 is 1.12 bits per heavy atom. The van der Waals surface area contributed by atoms with Gasteiger partial charge in [-0.05, 0) is 36.5 Å². The van der Waals surface area contributed by atoms with Gasteiger partial charge in [-0.1, -0.05) is 0 Å². The molecule has 2 aromatic rings. The standard InChI is InChI=1S/C23H18N4O7/c24-17-11-6-8-5-10-9(12-7-26-3-4-27-12)1-2-13(28)15(10)18(29)14(8)20(31)23(11,34)21(32)16(19(17)30)22(25)33/h1-4,7-8,11,24,28-30,34H,5-6H2,(H2,25,33)/t8-,11-,23-/m0/s1. The Labute approximate surface area is 191 Å². The number of amides is 1. The highest BCUT2D eigenvalue weighted by atomic mass is 16.3. The van der Waals surface area contributed by atoms with Crippen LogP contribution in [0.4, 0.5) is 0 Å². The van der Waals surface area contributed by atoms with Gasteiger partial charge in [0.25, 0.3) is 5.91 Å². The number of phenols is 1. The molecule has 5 rings (SSSR count). The van der Waals surface area contributed by atoms with Gasteiger partial charge in [0.05, 0.1) is 23.2 Å². The van der Waals surface area contributed by atoms with E-state index >= 15 is 0 Å². The molecule has 3 atom stereocenters. The number of allylic oxidation sites excluding steroid dienone is 1. The number of hydrogen-bond acceptors (Lipinski definition) is 10. The van der Waals surface area contributed by atoms with Gasteiger partial charge in [0.1, 0.15) is 17.1 Å². The van der Waals surface area contributed by atoms with Crippen molar-refractivity contribution in [2.45, 2.75) is 18.4 Å². The van der Waals surface area contributed by atoms with E-state index in [-0.39, 0.29) is 29.7 Å². The molecule has 3 aliphatic rings. The first kappa shape index (κ1) is 21.5. The fraction of sp³-hybridized carbons (Fsp3) is 0.217. The molecule has 7 N–H and O–H groups in total. The normalized spacial score (nSPS) is 26.2. The average molecular weight is 462 g/mol. The van der Waals surface area contributed by atoms with E-state index < -0.39 is 57.7 Å². The summed E-state index contributed by atoms with van der Waals surface area (Å²) in [7, 11) is 0. The maximum absolute atomic E-state index is 13.5. The van der Waals surface area contributed by atoms with Gasteiger partial charge in [0.15, 0.2) is 11.4 Å². The number of fused-ring (bicyclic) bond motifs is 3. The van der Waals surface area contributed by atoms with Gasteiger partial charge in [-0.3, -0.25) is 24.4 Å². The zero-order valence-electron chi connectivity index (χ0n) is 17.4. The number of aromatic hydroxyl groups is 1. The molecule has 0 unspecified atom stereocenters. The highest BCUT2D eigenvalue weighted by Gasteiger charge is 2.63. The number of hydrogen-bond donors (Lipinski definition) is 6. The number of ketones is 2. The summed E-state index contributed by atoms with van der Waals surface area (Å²) in [6.07, 6.45) is 4.39. The van der Waals surface area contributed by atoms with Crippen LogP contribution in [0.5, 0.6) is 5.75 Å². The summed E-state index contributed by atoms with van der Waals surface area (Å²) < 4.78 is 0. The van der Waals surface area contributed by atoms with Crippen LogP contribution >= 0.6 is 0 Å². The molecule has 0 saturated heterocycles. The number of carbonyl (C=O) groups excluding carboxylic acids is 3. The number of phenolic OH excluding ortho intramolecular Hbond substituents is 1. The van der Waals surface area contributed by atoms with Crippen molar-refractivity contribution in [3.8, 4) is 17.0 Å². The summed E-state index contributed by atoms with van der Waals surface area (Å²) in [6, 6.07) is 2.91. The van der Waals surface area contributed by atoms with Crippen LogP contribution in [0.2, 0.25) is 0 Å². The number of nitrogens with two attached hydrogens (primary N) is 1. The maximum atomic E-state index is 13.5. The van der Waals surface area contributed by atoms with Crippen LogP contribution in [-0.2, 0) is 20.8 Å². The largest absolute Gasteiger partial charge is 0.507 e. The van der Waals surface area contributed by atoms with Crippen molar-refractivity contribution in [2.75, 3.05) is 0 Å². The summed E-state index contributed by atoms with van der Waals surface area (Å²) in [6.45, 7) is 0. The number of carbonyl (C=O) groups is 3. The van der Waals surface area contributed by atoms with E-state index in [1.807, 2.05) is 0 Å². The molecule has 3 aliphatic carbocycles. The molecule has 1 amide bonds. The summed E-state index contributed by atoms with van der Waals surface area (Å²) in [5, 5.41) is 51.3. The molecule has 0 bridgehead atoms. The minimum atomic E-state index is -2.90. The predicted octanol–water partition coefficient (Wildman–Crippen LogP) is 0.511. The van der Waals surface area contributed by atoms with Crippen LogP contribution in [0.3, 0.4) is 0 Å². The summed E-state index contributed by atoms with van der Waals surface area (Å²) in [5.74, 6) is -8.18. The number of nitrogens with one attached hydrogen (secondary N) is 1. The minimum absolute atomic E-state index is 0.0448. The lowest BCUT2D eigenvalue weighted by atomic mass is 9.58. The molecule has 1 aromatic carbocycles. The van der Waals surface area contributed by atoms with E-state index in [0.717, 1.165) is 0 Å². The number of nitrogens with zero attached hydrogens (tertiary/aromatic N) is 2. The van der Waals surface area contributed by atoms with Crippen LogP contribution in [0.15, 0.2) is 47.6 Å². The number of primary amides is 1. The summed E-state index contributed by atoms with van der Waals surface area (Å²) in [5.41, 5.74) is 1.67. The van der Waals surface area contributed by atoms with E-state index in [2.05, 4.69) is 9.97 Å². The average Bonchev–Trinajstić information content (AvgIpc) is 2.80. The molecular weight excluding hydrogens is 444 g/mol. The number of aliphatic hydroxyl groups is 3. The lowest BCUT2D eigenvalue weighted by molar-refractivity contribution is -0.153. The first-order valence-electron chi connectivity index (χ1n) is 10.3. The molecule has 1 aromatic heterocycles. The molecule has 0 aliphatic heterocycles. The van der Waals surface area contributed by atoms with Gasteiger partial charge in [-0.2, -0.15) is 0 Å². The van der Waals surface area contributed by atoms with Crippen molar-refractivity contribution < 1.29 is 34.8 Å². The van der Waals surface area contributed by atoms with E-state index in [9.17, 15) is 34.8 Å². The monoisotopic (exact) mass is 462 g/mol. The van der Waals surface area contributed by atoms with Crippen molar-refractivity contribution in [1.82, 2.24) is 9.97 Å². The molecule has 0 spiro atoms. The molecule has 34 heavy (non-hydrogen) atoms. The second-order valence-electron chi connectivity index (χ2n) is 8.45. The fourth-order valence-corrected chi connectivity index (χ4v) is 5.19. The highest BCUT2D eigenvalue weighted by molar-refractivity contribution is 6.37. The quantitative estimate of drug-likeness (QED) is 0.271. The van der Waals surface area contributed by atoms with Crippen LogP contribution in [0, 0.1) is 17.2 Å². The van der Waals surface area contributed by atoms with Gasteiger partial charge in [-0.15, -0.1) is 0 Å². The number of aromatic nitrogens is 2. The van der Waals surface area contributed by atoms with Crippen LogP contribution in [0.25, 0.3) is 17.0 Å². The third-order valence-electron chi connectivity index (χ3n) is 6.76. The Morgan fingerprint density at radius 3 is 2.50 bits per heavy atom. The lowest BCUT2D eigenvalue weighted by Crippen LogP contribution is -2.64. The molecule has 11 nitrogen and oxygen atoms in total. The molecular formula is C23H18N4O7.